The molecule has 0 bridgehead atoms. The average molecular weight is 1100 g/mol. The number of carbonyl (C=O) groups is 3. The molecule has 0 aromatic heterocycles. The minimum atomic E-state index is -4.81. The molecule has 0 heterocycles. The van der Waals surface area contributed by atoms with Crippen molar-refractivity contribution in [1.82, 2.24) is 0 Å². The molecule has 0 spiro atoms. The van der Waals surface area contributed by atoms with E-state index < -0.39 is 64.4 Å². The monoisotopic (exact) mass is 1100 g/mol. The molecule has 434 valence electrons. The molecule has 0 rings (SSSR count). The summed E-state index contributed by atoms with van der Waals surface area (Å²) in [7, 11) is -4.81. The van der Waals surface area contributed by atoms with Gasteiger partial charge in [0.1, 0.15) is 12.7 Å². The lowest BCUT2D eigenvalue weighted by Crippen LogP contribution is -2.30. The highest BCUT2D eigenvalue weighted by Gasteiger charge is 2.28. The van der Waals surface area contributed by atoms with Gasteiger partial charge in [0.25, 0.3) is 0 Å². The van der Waals surface area contributed by atoms with Gasteiger partial charge in [0.2, 0.25) is 0 Å². The van der Waals surface area contributed by atoms with Crippen molar-refractivity contribution in [3.8, 4) is 0 Å². The predicted octanol–water partition coefficient (Wildman–Crippen LogP) is 17.2. The minimum absolute atomic E-state index is 0.0184. The molecule has 0 aliphatic rings. The maximum Gasteiger partial charge on any atom is 0.472 e. The molecule has 0 amide bonds. The van der Waals surface area contributed by atoms with Crippen molar-refractivity contribution in [2.75, 3.05) is 26.4 Å². The van der Waals surface area contributed by atoms with Crippen LogP contribution in [0.2, 0.25) is 0 Å². The van der Waals surface area contributed by atoms with Crippen LogP contribution in [0.5, 0.6) is 0 Å². The lowest BCUT2D eigenvalue weighted by atomic mass is 10.1. The van der Waals surface area contributed by atoms with Crippen molar-refractivity contribution in [1.29, 1.82) is 0 Å². The molecule has 0 aliphatic heterocycles. The van der Waals surface area contributed by atoms with E-state index in [-0.39, 0.29) is 19.3 Å². The Hall–Kier alpha value is -5.42. The van der Waals surface area contributed by atoms with E-state index in [1.807, 2.05) is 30.4 Å². The Morgan fingerprint density at radius 1 is 0.359 bits per heavy atom. The summed E-state index contributed by atoms with van der Waals surface area (Å²) in [6.07, 6.45) is 78.9. The lowest BCUT2D eigenvalue weighted by Gasteiger charge is -2.21. The first kappa shape index (κ1) is 72.6. The zero-order chi connectivity index (χ0) is 56.9. The number of esters is 3. The fourth-order valence-electron chi connectivity index (χ4n) is 6.60. The third-order valence-electron chi connectivity index (χ3n) is 10.8. The van der Waals surface area contributed by atoms with Crippen LogP contribution in [0, 0.1) is 0 Å². The molecule has 3 unspecified atom stereocenters. The molecule has 78 heavy (non-hydrogen) atoms. The summed E-state index contributed by atoms with van der Waals surface area (Å²) in [5.74, 6) is -1.72. The highest BCUT2D eigenvalue weighted by molar-refractivity contribution is 7.47. The van der Waals surface area contributed by atoms with Gasteiger partial charge in [-0.2, -0.15) is 0 Å². The predicted molar refractivity (Wildman–Crippen MR) is 324 cm³/mol. The fraction of sp³-hybridized carbons (Fsp3) is 0.500. The van der Waals surface area contributed by atoms with Crippen LogP contribution in [-0.4, -0.2) is 66.5 Å². The van der Waals surface area contributed by atoms with Crippen LogP contribution >= 0.6 is 7.82 Å². The molecule has 12 heteroatoms. The van der Waals surface area contributed by atoms with E-state index in [2.05, 4.69) is 173 Å². The maximum atomic E-state index is 12.9. The second-order valence-electron chi connectivity index (χ2n) is 18.0. The Kier molecular flexibility index (Phi) is 53.7. The van der Waals surface area contributed by atoms with Gasteiger partial charge in [-0.05, 0) is 128 Å². The normalized spacial score (nSPS) is 14.7. The number of aliphatic hydroxyl groups is 1. The third-order valence-corrected chi connectivity index (χ3v) is 11.8. The number of phosphoric acid groups is 1. The Morgan fingerprint density at radius 2 is 0.654 bits per heavy atom. The van der Waals surface area contributed by atoms with Gasteiger partial charge in [-0.1, -0.05) is 209 Å². The van der Waals surface area contributed by atoms with E-state index in [9.17, 15) is 28.9 Å². The number of allylic oxidation sites excluding steroid dienone is 30. The van der Waals surface area contributed by atoms with Crippen molar-refractivity contribution in [3.05, 3.63) is 182 Å². The van der Waals surface area contributed by atoms with Gasteiger partial charge >= 0.3 is 25.7 Å². The van der Waals surface area contributed by atoms with Crippen molar-refractivity contribution in [3.63, 3.8) is 0 Å². The first-order valence-corrected chi connectivity index (χ1v) is 30.2. The van der Waals surface area contributed by atoms with E-state index >= 15 is 0 Å². The summed E-state index contributed by atoms with van der Waals surface area (Å²) in [6, 6.07) is 0. The molecule has 3 atom stereocenters. The summed E-state index contributed by atoms with van der Waals surface area (Å²) in [5.41, 5.74) is 0. The highest BCUT2D eigenvalue weighted by Crippen LogP contribution is 2.43. The quantitative estimate of drug-likeness (QED) is 0.0197. The van der Waals surface area contributed by atoms with Crippen LogP contribution < -0.4 is 0 Å². The molecule has 0 fully saturated rings. The van der Waals surface area contributed by atoms with Gasteiger partial charge in [-0.15, -0.1) is 0 Å². The van der Waals surface area contributed by atoms with Crippen molar-refractivity contribution in [2.45, 2.75) is 187 Å². The number of hydrogen-bond acceptors (Lipinski definition) is 10. The summed E-state index contributed by atoms with van der Waals surface area (Å²) in [6.45, 7) is 4.05. The van der Waals surface area contributed by atoms with E-state index in [1.54, 1.807) is 0 Å². The van der Waals surface area contributed by atoms with Crippen LogP contribution in [0.25, 0.3) is 0 Å². The van der Waals surface area contributed by atoms with Gasteiger partial charge in [0.15, 0.2) is 6.10 Å². The Morgan fingerprint density at radius 3 is 0.987 bits per heavy atom. The van der Waals surface area contributed by atoms with Crippen LogP contribution in [0.3, 0.4) is 0 Å². The molecular formula is C66H99O11P. The fourth-order valence-corrected chi connectivity index (χ4v) is 7.38. The Balaban J connectivity index is 4.95. The molecule has 0 saturated heterocycles. The SMILES string of the molecule is CC/C=C\C/C=C\C/C=C\C/C=C\C/C=C\C/C=C\CCC(=O)OC(CO)COP(=O)(O)OCC(COC(=O)CCCCC/C=C\C/C=C\C/C=C\CC)OC(=O)CC/C=C\C/C=C\C/C=C\C/C=C\C/C=C\C/C=C\CC. The van der Waals surface area contributed by atoms with Crippen LogP contribution in [0.15, 0.2) is 182 Å². The van der Waals surface area contributed by atoms with E-state index in [4.69, 9.17) is 23.3 Å². The smallest absolute Gasteiger partial charge is 0.462 e. The van der Waals surface area contributed by atoms with Gasteiger partial charge in [-0.3, -0.25) is 23.4 Å². The minimum Gasteiger partial charge on any atom is -0.462 e. The first-order chi connectivity index (χ1) is 38.2. The van der Waals surface area contributed by atoms with E-state index in [0.717, 1.165) is 103 Å². The van der Waals surface area contributed by atoms with Gasteiger partial charge in [0.05, 0.1) is 19.8 Å². The molecule has 11 nitrogen and oxygen atoms in total. The highest BCUT2D eigenvalue weighted by atomic mass is 31.2. The lowest BCUT2D eigenvalue weighted by molar-refractivity contribution is -0.161. The maximum absolute atomic E-state index is 12.9. The van der Waals surface area contributed by atoms with Crippen LogP contribution in [-0.2, 0) is 42.2 Å². The summed E-state index contributed by atoms with van der Waals surface area (Å²) in [4.78, 5) is 48.5. The number of rotatable bonds is 50. The van der Waals surface area contributed by atoms with Crippen molar-refractivity contribution in [2.24, 2.45) is 0 Å². The van der Waals surface area contributed by atoms with Crippen molar-refractivity contribution < 1.29 is 52.2 Å². The van der Waals surface area contributed by atoms with Crippen molar-refractivity contribution >= 4 is 25.7 Å². The zero-order valence-corrected chi connectivity index (χ0v) is 48.7. The Labute approximate surface area is 471 Å². The van der Waals surface area contributed by atoms with E-state index in [0.29, 0.717) is 32.1 Å². The second-order valence-corrected chi connectivity index (χ2v) is 19.4. The largest absolute Gasteiger partial charge is 0.472 e. The average Bonchev–Trinajstić information content (AvgIpc) is 3.43. The standard InChI is InChI=1S/C66H99O11P/c1-4-7-10-13-16-19-22-25-27-29-31-33-35-38-41-44-47-50-53-56-65(69)76-62(58-67)60-74-78(71,72)75-61-63(59-73-64(68)55-52-49-46-43-40-37-24-21-18-15-12-9-6-3)77-66(70)57-54-51-48-45-42-39-36-34-32-30-28-26-23-20-17-14-11-8-5-2/h7-12,16-21,25-28,31-34,37-42,47-48,50-51,62-63,67H,4-6,13-15,22-24,29-30,35-36,43-46,49,52-61H2,1-3H3,(H,71,72)/b10-7-,11-8-,12-9-,19-16-,20-17-,21-18-,27-25-,28-26-,33-31-,34-32-,40-37-,41-38-,42-39-,50-47-,51-48-. The number of aliphatic hydroxyl groups excluding tert-OH is 1. The number of hydrogen-bond donors (Lipinski definition) is 2. The summed E-state index contributed by atoms with van der Waals surface area (Å²) < 4.78 is 39.3. The number of carbonyl (C=O) groups excluding carboxylic acids is 3. The number of unbranched alkanes of at least 4 members (excludes halogenated alkanes) is 3. The topological polar surface area (TPSA) is 155 Å². The van der Waals surface area contributed by atoms with Gasteiger partial charge in [-0.25, -0.2) is 4.57 Å². The summed E-state index contributed by atoms with van der Waals surface area (Å²) in [5, 5.41) is 9.81. The molecular weight excluding hydrogens is 1000 g/mol. The van der Waals surface area contributed by atoms with Crippen LogP contribution in [0.4, 0.5) is 0 Å². The third kappa shape index (κ3) is 55.3. The molecule has 2 N–H and O–H groups in total. The van der Waals surface area contributed by atoms with Gasteiger partial charge < -0.3 is 24.2 Å². The molecule has 0 radical (unpaired) electrons. The van der Waals surface area contributed by atoms with Gasteiger partial charge in [0, 0.05) is 19.3 Å². The second kappa shape index (κ2) is 57.7. The number of ether oxygens (including phenoxy) is 3. The molecule has 0 aromatic rings. The summed E-state index contributed by atoms with van der Waals surface area (Å²) >= 11 is 0. The van der Waals surface area contributed by atoms with Crippen LogP contribution in [0.1, 0.15) is 175 Å². The molecule has 0 aromatic carbocycles. The zero-order valence-electron chi connectivity index (χ0n) is 47.8. The molecule has 0 aliphatic carbocycles. The molecule has 0 saturated carbocycles. The Bertz CT molecular complexity index is 2010. The number of phosphoric ester groups is 1. The van der Waals surface area contributed by atoms with E-state index in [1.165, 1.54) is 0 Å². The first-order valence-electron chi connectivity index (χ1n) is 28.7.